The molecule has 0 saturated heterocycles. The Morgan fingerprint density at radius 1 is 1.69 bits per heavy atom. The van der Waals surface area contributed by atoms with Gasteiger partial charge in [0.15, 0.2) is 0 Å². The van der Waals surface area contributed by atoms with Gasteiger partial charge in [-0.05, 0) is 35.8 Å². The summed E-state index contributed by atoms with van der Waals surface area (Å²) in [5.41, 5.74) is 6.10. The van der Waals surface area contributed by atoms with Gasteiger partial charge in [0.25, 0.3) is 5.91 Å². The Labute approximate surface area is 110 Å². The van der Waals surface area contributed by atoms with Gasteiger partial charge in [-0.1, -0.05) is 0 Å². The molecule has 0 unspecified atom stereocenters. The lowest BCUT2D eigenvalue weighted by Crippen LogP contribution is -2.38. The zero-order chi connectivity index (χ0) is 11.4. The quantitative estimate of drug-likeness (QED) is 0.890. The maximum absolute atomic E-state index is 11.8. The van der Waals surface area contributed by atoms with E-state index in [-0.39, 0.29) is 24.4 Å². The summed E-state index contributed by atoms with van der Waals surface area (Å²) < 4.78 is 2.80. The number of carbonyl (C=O) groups excluding carboxylic acids is 1. The molecule has 0 aliphatic carbocycles. The van der Waals surface area contributed by atoms with E-state index < -0.39 is 0 Å². The third kappa shape index (κ3) is 3.81. The summed E-state index contributed by atoms with van der Waals surface area (Å²) in [5.74, 6) is -0.0829. The predicted octanol–water partition coefficient (Wildman–Crippen LogP) is 1.77. The fourth-order valence-electron chi connectivity index (χ4n) is 1.28. The molecule has 0 aromatic carbocycles. The van der Waals surface area contributed by atoms with Crippen LogP contribution in [0, 0.1) is 0 Å². The van der Waals surface area contributed by atoms with Crippen molar-refractivity contribution in [3.05, 3.63) is 22.4 Å². The molecule has 0 aliphatic rings. The number of carbonyl (C=O) groups is 1. The molecule has 92 valence electrons. The largest absolute Gasteiger partial charge is 0.347 e. The smallest absolute Gasteiger partial charge is 0.268 e. The monoisotopic (exact) mass is 309 g/mol. The molecule has 16 heavy (non-hydrogen) atoms. The molecule has 0 radical (unpaired) electrons. The van der Waals surface area contributed by atoms with Crippen LogP contribution in [-0.4, -0.2) is 23.1 Å². The van der Waals surface area contributed by atoms with Crippen molar-refractivity contribution >= 4 is 34.2 Å². The molecule has 0 saturated carbocycles. The SMILES string of the molecule is CCn1cc(Br)cc1C(=O)N[C@H](C)CN.Cl. The number of aryl methyl sites for hydroxylation is 1. The van der Waals surface area contributed by atoms with Gasteiger partial charge in [-0.3, -0.25) is 4.79 Å². The standard InChI is InChI=1S/C10H16BrN3O.ClH/c1-3-14-6-8(11)4-9(14)10(15)13-7(2)5-12;/h4,6-7H,3,5,12H2,1-2H3,(H,13,15);1H/t7-;/m1./s1. The molecular formula is C10H17BrClN3O. The van der Waals surface area contributed by atoms with Crippen LogP contribution in [-0.2, 0) is 6.54 Å². The van der Waals surface area contributed by atoms with E-state index in [0.29, 0.717) is 12.2 Å². The number of amides is 1. The molecule has 1 aromatic rings. The fourth-order valence-corrected chi connectivity index (χ4v) is 1.75. The molecule has 3 N–H and O–H groups in total. The van der Waals surface area contributed by atoms with Gasteiger partial charge >= 0.3 is 0 Å². The van der Waals surface area contributed by atoms with Gasteiger partial charge < -0.3 is 15.6 Å². The lowest BCUT2D eigenvalue weighted by atomic mass is 10.3. The molecule has 1 aromatic heterocycles. The van der Waals surface area contributed by atoms with E-state index >= 15 is 0 Å². The summed E-state index contributed by atoms with van der Waals surface area (Å²) in [6.07, 6.45) is 1.89. The van der Waals surface area contributed by atoms with Crippen LogP contribution in [0.15, 0.2) is 16.7 Å². The summed E-state index contributed by atoms with van der Waals surface area (Å²) in [5, 5.41) is 2.83. The number of rotatable bonds is 4. The first kappa shape index (κ1) is 15.5. The third-order valence-corrected chi connectivity index (χ3v) is 2.60. The molecule has 1 amide bonds. The Hall–Kier alpha value is -0.520. The van der Waals surface area contributed by atoms with Gasteiger partial charge in [0.2, 0.25) is 0 Å². The van der Waals surface area contributed by atoms with Gasteiger partial charge in [0, 0.05) is 29.8 Å². The van der Waals surface area contributed by atoms with Gasteiger partial charge in [-0.2, -0.15) is 0 Å². The minimum atomic E-state index is -0.0829. The Morgan fingerprint density at radius 2 is 2.31 bits per heavy atom. The second-order valence-corrected chi connectivity index (χ2v) is 4.36. The highest BCUT2D eigenvalue weighted by molar-refractivity contribution is 9.10. The Kier molecular flexibility index (Phi) is 6.71. The van der Waals surface area contributed by atoms with Crippen LogP contribution in [0.4, 0.5) is 0 Å². The highest BCUT2D eigenvalue weighted by Crippen LogP contribution is 2.14. The first-order valence-electron chi connectivity index (χ1n) is 4.95. The molecule has 1 heterocycles. The van der Waals surface area contributed by atoms with E-state index in [2.05, 4.69) is 21.2 Å². The Balaban J connectivity index is 0.00000225. The summed E-state index contributed by atoms with van der Waals surface area (Å²) in [6, 6.07) is 1.80. The Morgan fingerprint density at radius 3 is 2.81 bits per heavy atom. The molecule has 0 fully saturated rings. The molecular weight excluding hydrogens is 293 g/mol. The van der Waals surface area contributed by atoms with E-state index in [9.17, 15) is 4.79 Å². The van der Waals surface area contributed by atoms with Crippen LogP contribution in [0.2, 0.25) is 0 Å². The lowest BCUT2D eigenvalue weighted by molar-refractivity contribution is 0.0932. The third-order valence-electron chi connectivity index (χ3n) is 2.17. The number of hydrogen-bond acceptors (Lipinski definition) is 2. The minimum Gasteiger partial charge on any atom is -0.347 e. The number of nitrogens with two attached hydrogens (primary N) is 1. The highest BCUT2D eigenvalue weighted by Gasteiger charge is 2.13. The van der Waals surface area contributed by atoms with Gasteiger partial charge in [-0.15, -0.1) is 12.4 Å². The van der Waals surface area contributed by atoms with Crippen LogP contribution >= 0.6 is 28.3 Å². The van der Waals surface area contributed by atoms with Crippen molar-refractivity contribution in [1.29, 1.82) is 0 Å². The number of hydrogen-bond donors (Lipinski definition) is 2. The van der Waals surface area contributed by atoms with Crippen LogP contribution < -0.4 is 11.1 Å². The Bertz CT molecular complexity index is 354. The topological polar surface area (TPSA) is 60.0 Å². The lowest BCUT2D eigenvalue weighted by Gasteiger charge is -2.12. The van der Waals surface area contributed by atoms with Crippen molar-refractivity contribution in [2.24, 2.45) is 5.73 Å². The zero-order valence-corrected chi connectivity index (χ0v) is 11.8. The van der Waals surface area contributed by atoms with Crippen molar-refractivity contribution < 1.29 is 4.79 Å². The van der Waals surface area contributed by atoms with E-state index in [1.165, 1.54) is 0 Å². The molecule has 0 aliphatic heterocycles. The molecule has 0 bridgehead atoms. The highest BCUT2D eigenvalue weighted by atomic mass is 79.9. The fraction of sp³-hybridized carbons (Fsp3) is 0.500. The van der Waals surface area contributed by atoms with Crippen molar-refractivity contribution in [1.82, 2.24) is 9.88 Å². The zero-order valence-electron chi connectivity index (χ0n) is 9.37. The average Bonchev–Trinajstić information content (AvgIpc) is 2.59. The van der Waals surface area contributed by atoms with Crippen molar-refractivity contribution in [2.75, 3.05) is 6.54 Å². The molecule has 1 rings (SSSR count). The van der Waals surface area contributed by atoms with Crippen molar-refractivity contribution in [3.63, 3.8) is 0 Å². The summed E-state index contributed by atoms with van der Waals surface area (Å²) in [6.45, 7) is 5.09. The second kappa shape index (κ2) is 6.93. The average molecular weight is 311 g/mol. The normalized spacial score (nSPS) is 11.8. The predicted molar refractivity (Wildman–Crippen MR) is 71.0 cm³/mol. The van der Waals surface area contributed by atoms with E-state index in [4.69, 9.17) is 5.73 Å². The second-order valence-electron chi connectivity index (χ2n) is 3.44. The van der Waals surface area contributed by atoms with Crippen LogP contribution in [0.25, 0.3) is 0 Å². The number of halogens is 2. The minimum absolute atomic E-state index is 0. The number of nitrogens with zero attached hydrogens (tertiary/aromatic N) is 1. The summed E-state index contributed by atoms with van der Waals surface area (Å²) in [7, 11) is 0. The van der Waals surface area contributed by atoms with Crippen molar-refractivity contribution in [2.45, 2.75) is 26.4 Å². The number of nitrogens with one attached hydrogen (secondary N) is 1. The van der Waals surface area contributed by atoms with Crippen LogP contribution in [0.3, 0.4) is 0 Å². The first-order valence-corrected chi connectivity index (χ1v) is 5.74. The van der Waals surface area contributed by atoms with Gasteiger partial charge in [0.05, 0.1) is 0 Å². The van der Waals surface area contributed by atoms with E-state index in [1.807, 2.05) is 30.7 Å². The van der Waals surface area contributed by atoms with Crippen LogP contribution in [0.1, 0.15) is 24.3 Å². The molecule has 6 heteroatoms. The molecule has 0 spiro atoms. The van der Waals surface area contributed by atoms with E-state index in [1.54, 1.807) is 0 Å². The first-order chi connectivity index (χ1) is 7.08. The maximum Gasteiger partial charge on any atom is 0.268 e. The number of aromatic nitrogens is 1. The summed E-state index contributed by atoms with van der Waals surface area (Å²) >= 11 is 3.35. The van der Waals surface area contributed by atoms with Gasteiger partial charge in [0.1, 0.15) is 5.69 Å². The summed E-state index contributed by atoms with van der Waals surface area (Å²) in [4.78, 5) is 11.8. The maximum atomic E-state index is 11.8. The van der Waals surface area contributed by atoms with Crippen LogP contribution in [0.5, 0.6) is 0 Å². The van der Waals surface area contributed by atoms with Crippen molar-refractivity contribution in [3.8, 4) is 0 Å². The van der Waals surface area contributed by atoms with E-state index in [0.717, 1.165) is 11.0 Å². The van der Waals surface area contributed by atoms with Gasteiger partial charge in [-0.25, -0.2) is 0 Å². The molecule has 4 nitrogen and oxygen atoms in total. The molecule has 1 atom stereocenters.